The molecule has 0 saturated carbocycles. The van der Waals surface area contributed by atoms with Crippen LogP contribution in [0.4, 0.5) is 14.5 Å². The number of rotatable bonds is 1. The smallest absolute Gasteiger partial charge is 0.258 e. The van der Waals surface area contributed by atoms with Crippen LogP contribution in [0, 0.1) is 11.6 Å². The average Bonchev–Trinajstić information content (AvgIpc) is 2.46. The van der Waals surface area contributed by atoms with Gasteiger partial charge in [-0.1, -0.05) is 0 Å². The molecule has 0 radical (unpaired) electrons. The molecule has 0 unspecified atom stereocenters. The van der Waals surface area contributed by atoms with Crippen molar-refractivity contribution in [1.82, 2.24) is 0 Å². The molecule has 0 fully saturated rings. The lowest BCUT2D eigenvalue weighted by Gasteiger charge is -2.29. The first-order valence-electron chi connectivity index (χ1n) is 6.15. The van der Waals surface area contributed by atoms with Crippen LogP contribution >= 0.6 is 0 Å². The number of benzene rings is 2. The van der Waals surface area contributed by atoms with Crippen LogP contribution < -0.4 is 9.64 Å². The van der Waals surface area contributed by atoms with Gasteiger partial charge in [-0.2, -0.15) is 0 Å². The molecule has 2 aromatic rings. The number of hydrogen-bond donors (Lipinski definition) is 0. The maximum atomic E-state index is 13.3. The minimum atomic E-state index is -0.439. The van der Waals surface area contributed by atoms with Crippen LogP contribution in [0.1, 0.15) is 10.4 Å². The molecule has 5 heteroatoms. The summed E-state index contributed by atoms with van der Waals surface area (Å²) in [6.07, 6.45) is 0. The number of carbonyl (C=O) groups excluding carboxylic acids is 1. The van der Waals surface area contributed by atoms with Gasteiger partial charge in [0.25, 0.3) is 5.91 Å². The van der Waals surface area contributed by atoms with Crippen molar-refractivity contribution < 1.29 is 18.3 Å². The molecule has 1 heterocycles. The van der Waals surface area contributed by atoms with Crippen molar-refractivity contribution >= 4 is 11.6 Å². The number of hydrogen-bond acceptors (Lipinski definition) is 2. The van der Waals surface area contributed by atoms with E-state index in [0.29, 0.717) is 30.2 Å². The van der Waals surface area contributed by atoms with Gasteiger partial charge in [0.1, 0.15) is 24.0 Å². The molecule has 2 aromatic carbocycles. The van der Waals surface area contributed by atoms with E-state index in [-0.39, 0.29) is 5.91 Å². The third-order valence-electron chi connectivity index (χ3n) is 3.12. The van der Waals surface area contributed by atoms with E-state index in [9.17, 15) is 13.6 Å². The molecule has 1 aliphatic heterocycles. The quantitative estimate of drug-likeness (QED) is 0.800. The summed E-state index contributed by atoms with van der Waals surface area (Å²) in [7, 11) is 0. The molecule has 0 bridgehead atoms. The van der Waals surface area contributed by atoms with Crippen molar-refractivity contribution in [3.8, 4) is 5.75 Å². The van der Waals surface area contributed by atoms with Crippen molar-refractivity contribution in [3.05, 3.63) is 59.7 Å². The SMILES string of the molecule is O=C(c1ccc(F)cc1)N1CCOc2ccc(F)cc21. The number of ether oxygens (including phenoxy) is 1. The Labute approximate surface area is 114 Å². The van der Waals surface area contributed by atoms with Crippen molar-refractivity contribution in [2.45, 2.75) is 0 Å². The van der Waals surface area contributed by atoms with Crippen molar-refractivity contribution in [3.63, 3.8) is 0 Å². The highest BCUT2D eigenvalue weighted by Crippen LogP contribution is 2.33. The van der Waals surface area contributed by atoms with Gasteiger partial charge in [-0.25, -0.2) is 8.78 Å². The maximum absolute atomic E-state index is 13.3. The van der Waals surface area contributed by atoms with Crippen LogP contribution in [0.3, 0.4) is 0 Å². The Bertz CT molecular complexity index is 655. The second kappa shape index (κ2) is 4.92. The molecule has 1 aliphatic rings. The number of halogens is 2. The van der Waals surface area contributed by atoms with E-state index >= 15 is 0 Å². The molecule has 3 nitrogen and oxygen atoms in total. The summed E-state index contributed by atoms with van der Waals surface area (Å²) in [5.41, 5.74) is 0.745. The van der Waals surface area contributed by atoms with E-state index in [4.69, 9.17) is 4.74 Å². The Morgan fingerprint density at radius 3 is 2.50 bits per heavy atom. The summed E-state index contributed by atoms with van der Waals surface area (Å²) in [5.74, 6) is -0.686. The lowest BCUT2D eigenvalue weighted by atomic mass is 10.1. The summed E-state index contributed by atoms with van der Waals surface area (Å²) >= 11 is 0. The van der Waals surface area contributed by atoms with Crippen molar-refractivity contribution in [2.75, 3.05) is 18.1 Å². The predicted octanol–water partition coefficient (Wildman–Crippen LogP) is 3.00. The molecule has 20 heavy (non-hydrogen) atoms. The minimum Gasteiger partial charge on any atom is -0.490 e. The maximum Gasteiger partial charge on any atom is 0.258 e. The zero-order chi connectivity index (χ0) is 14.1. The summed E-state index contributed by atoms with van der Waals surface area (Å²) in [6.45, 7) is 0.665. The molecule has 102 valence electrons. The molecule has 1 amide bonds. The molecule has 0 saturated heterocycles. The largest absolute Gasteiger partial charge is 0.490 e. The third-order valence-corrected chi connectivity index (χ3v) is 3.12. The Morgan fingerprint density at radius 1 is 1.05 bits per heavy atom. The standard InChI is InChI=1S/C15H11F2NO2/c16-11-3-1-10(2-4-11)15(19)18-7-8-20-14-6-5-12(17)9-13(14)18/h1-6,9H,7-8H2. The predicted molar refractivity (Wildman–Crippen MR) is 70.0 cm³/mol. The van der Waals surface area contributed by atoms with Crippen molar-refractivity contribution in [1.29, 1.82) is 0 Å². The molecular formula is C15H11F2NO2. The van der Waals surface area contributed by atoms with Gasteiger partial charge < -0.3 is 9.64 Å². The molecule has 0 atom stereocenters. The second-order valence-electron chi connectivity index (χ2n) is 4.42. The number of anilines is 1. The number of carbonyl (C=O) groups is 1. The van der Waals surface area contributed by atoms with Gasteiger partial charge in [-0.05, 0) is 36.4 Å². The second-order valence-corrected chi connectivity index (χ2v) is 4.42. The fraction of sp³-hybridized carbons (Fsp3) is 0.133. The Morgan fingerprint density at radius 2 is 1.75 bits per heavy atom. The van der Waals surface area contributed by atoms with E-state index in [0.717, 1.165) is 0 Å². The zero-order valence-electron chi connectivity index (χ0n) is 10.5. The summed E-state index contributed by atoms with van der Waals surface area (Å²) < 4.78 is 31.6. The monoisotopic (exact) mass is 275 g/mol. The summed E-state index contributed by atoms with van der Waals surface area (Å²) in [4.78, 5) is 13.9. The van der Waals surface area contributed by atoms with Crippen LogP contribution in [0.5, 0.6) is 5.75 Å². The van der Waals surface area contributed by atoms with E-state index in [2.05, 4.69) is 0 Å². The molecular weight excluding hydrogens is 264 g/mol. The van der Waals surface area contributed by atoms with Gasteiger partial charge in [-0.3, -0.25) is 4.79 Å². The molecule has 0 N–H and O–H groups in total. The first kappa shape index (κ1) is 12.6. The molecule has 3 rings (SSSR count). The van der Waals surface area contributed by atoms with Gasteiger partial charge in [0.05, 0.1) is 12.2 Å². The van der Waals surface area contributed by atoms with Crippen molar-refractivity contribution in [2.24, 2.45) is 0 Å². The van der Waals surface area contributed by atoms with Crippen LogP contribution in [-0.4, -0.2) is 19.1 Å². The highest BCUT2D eigenvalue weighted by atomic mass is 19.1. The fourth-order valence-corrected chi connectivity index (χ4v) is 2.15. The highest BCUT2D eigenvalue weighted by molar-refractivity contribution is 6.07. The van der Waals surface area contributed by atoms with E-state index in [1.54, 1.807) is 0 Å². The van der Waals surface area contributed by atoms with Gasteiger partial charge in [-0.15, -0.1) is 0 Å². The normalized spacial score (nSPS) is 13.6. The Hall–Kier alpha value is -2.43. The lowest BCUT2D eigenvalue weighted by molar-refractivity contribution is 0.0976. The number of amides is 1. The van der Waals surface area contributed by atoms with E-state index in [1.807, 2.05) is 0 Å². The number of nitrogens with zero attached hydrogens (tertiary/aromatic N) is 1. The van der Waals surface area contributed by atoms with Crippen LogP contribution in [0.25, 0.3) is 0 Å². The molecule has 0 aliphatic carbocycles. The molecule has 0 aromatic heterocycles. The fourth-order valence-electron chi connectivity index (χ4n) is 2.15. The van der Waals surface area contributed by atoms with Gasteiger partial charge in [0, 0.05) is 11.6 Å². The summed E-state index contributed by atoms with van der Waals surface area (Å²) in [5, 5.41) is 0. The topological polar surface area (TPSA) is 29.5 Å². The van der Waals surface area contributed by atoms with Crippen LogP contribution in [-0.2, 0) is 0 Å². The van der Waals surface area contributed by atoms with Gasteiger partial charge in [0.2, 0.25) is 0 Å². The van der Waals surface area contributed by atoms with Crippen LogP contribution in [0.2, 0.25) is 0 Å². The van der Waals surface area contributed by atoms with E-state index in [1.165, 1.54) is 47.4 Å². The third kappa shape index (κ3) is 2.22. The Balaban J connectivity index is 1.97. The number of fused-ring (bicyclic) bond motifs is 1. The van der Waals surface area contributed by atoms with Crippen LogP contribution in [0.15, 0.2) is 42.5 Å². The first-order valence-corrected chi connectivity index (χ1v) is 6.15. The lowest BCUT2D eigenvalue weighted by Crippen LogP contribution is -2.38. The molecule has 0 spiro atoms. The highest BCUT2D eigenvalue weighted by Gasteiger charge is 2.25. The van der Waals surface area contributed by atoms with Gasteiger partial charge in [0.15, 0.2) is 0 Å². The zero-order valence-corrected chi connectivity index (χ0v) is 10.5. The minimum absolute atomic E-state index is 0.305. The van der Waals surface area contributed by atoms with Gasteiger partial charge >= 0.3 is 0 Å². The van der Waals surface area contributed by atoms with E-state index < -0.39 is 11.6 Å². The first-order chi connectivity index (χ1) is 9.65. The summed E-state index contributed by atoms with van der Waals surface area (Å²) in [6, 6.07) is 9.30. The average molecular weight is 275 g/mol. The Kier molecular flexibility index (Phi) is 3.10.